The first-order valence-corrected chi connectivity index (χ1v) is 8.94. The van der Waals surface area contributed by atoms with Crippen LogP contribution in [0.1, 0.15) is 26.5 Å². The van der Waals surface area contributed by atoms with Crippen LogP contribution >= 0.6 is 0 Å². The largest absolute Gasteiger partial charge is 0.396 e. The van der Waals surface area contributed by atoms with Gasteiger partial charge in [0, 0.05) is 11.1 Å². The van der Waals surface area contributed by atoms with E-state index in [9.17, 15) is 0 Å². The molecule has 0 unspecified atom stereocenters. The molecule has 0 aromatic carbocycles. The van der Waals surface area contributed by atoms with E-state index < -0.39 is 8.24 Å². The number of nitrogens with zero attached hydrogens (tertiary/aromatic N) is 1. The molecular formula is C12H22N2Si. The van der Waals surface area contributed by atoms with Crippen molar-refractivity contribution in [2.24, 2.45) is 0 Å². The van der Waals surface area contributed by atoms with E-state index in [2.05, 4.69) is 62.5 Å². The summed E-state index contributed by atoms with van der Waals surface area (Å²) in [6, 6.07) is 6.22. The normalized spacial score (nSPS) is 12.7. The third-order valence-electron chi connectivity index (χ3n) is 2.02. The maximum Gasteiger partial charge on any atom is 0.145 e. The Morgan fingerprint density at radius 3 is 2.20 bits per heavy atom. The Kier molecular flexibility index (Phi) is 3.24. The molecule has 1 aromatic rings. The van der Waals surface area contributed by atoms with Crippen LogP contribution < -0.4 is 4.98 Å². The lowest BCUT2D eigenvalue weighted by atomic mass is 9.92. The minimum absolute atomic E-state index is 0.122. The quantitative estimate of drug-likeness (QED) is 0.773. The molecule has 0 radical (unpaired) electrons. The lowest BCUT2D eigenvalue weighted by Gasteiger charge is -2.22. The number of aromatic nitrogens is 1. The zero-order chi connectivity index (χ0) is 11.7. The van der Waals surface area contributed by atoms with Gasteiger partial charge in [-0.2, -0.15) is 0 Å². The van der Waals surface area contributed by atoms with E-state index in [1.165, 1.54) is 0 Å². The molecule has 1 N–H and O–H groups in total. The molecule has 15 heavy (non-hydrogen) atoms. The molecule has 3 heteroatoms. The highest BCUT2D eigenvalue weighted by atomic mass is 28.3. The molecule has 1 heterocycles. The van der Waals surface area contributed by atoms with Gasteiger partial charge in [-0.25, -0.2) is 4.98 Å². The Bertz CT molecular complexity index is 334. The van der Waals surface area contributed by atoms with Crippen LogP contribution in [0.2, 0.25) is 19.6 Å². The third kappa shape index (κ3) is 4.04. The highest BCUT2D eigenvalue weighted by molar-refractivity contribution is 6.79. The molecule has 0 fully saturated rings. The van der Waals surface area contributed by atoms with Gasteiger partial charge in [-0.3, -0.25) is 0 Å². The van der Waals surface area contributed by atoms with Crippen LogP contribution in [0.5, 0.6) is 0 Å². The minimum Gasteiger partial charge on any atom is -0.396 e. The SMILES string of the molecule is CC(C)(C)c1cccc(N[Si](C)(C)C)n1. The van der Waals surface area contributed by atoms with Crippen molar-refractivity contribution in [2.45, 2.75) is 45.8 Å². The van der Waals surface area contributed by atoms with Crippen LogP contribution in [0, 0.1) is 0 Å². The van der Waals surface area contributed by atoms with Gasteiger partial charge >= 0.3 is 0 Å². The first-order chi connectivity index (χ1) is 6.68. The molecule has 0 saturated carbocycles. The lowest BCUT2D eigenvalue weighted by Crippen LogP contribution is -2.33. The molecule has 0 aliphatic heterocycles. The van der Waals surface area contributed by atoms with Gasteiger partial charge in [0.15, 0.2) is 0 Å². The Labute approximate surface area is 94.2 Å². The van der Waals surface area contributed by atoms with Crippen molar-refractivity contribution in [2.75, 3.05) is 4.98 Å². The monoisotopic (exact) mass is 222 g/mol. The van der Waals surface area contributed by atoms with Crippen molar-refractivity contribution in [3.05, 3.63) is 23.9 Å². The van der Waals surface area contributed by atoms with Crippen molar-refractivity contribution in [1.82, 2.24) is 4.98 Å². The Morgan fingerprint density at radius 2 is 1.73 bits per heavy atom. The summed E-state index contributed by atoms with van der Waals surface area (Å²) in [5, 5.41) is 0. The second-order valence-corrected chi connectivity index (χ2v) is 10.8. The van der Waals surface area contributed by atoms with Gasteiger partial charge < -0.3 is 4.98 Å². The van der Waals surface area contributed by atoms with Crippen LogP contribution in [0.15, 0.2) is 18.2 Å². The predicted octanol–water partition coefficient (Wildman–Crippen LogP) is 3.63. The molecule has 0 saturated heterocycles. The van der Waals surface area contributed by atoms with E-state index in [4.69, 9.17) is 0 Å². The van der Waals surface area contributed by atoms with Gasteiger partial charge in [-0.15, -0.1) is 0 Å². The molecular weight excluding hydrogens is 200 g/mol. The van der Waals surface area contributed by atoms with E-state index in [0.717, 1.165) is 11.5 Å². The maximum absolute atomic E-state index is 4.65. The standard InChI is InChI=1S/C12H22N2Si/c1-12(2,3)10-8-7-9-11(13-10)14-15(4,5)6/h7-9H,1-6H3,(H,13,14). The predicted molar refractivity (Wildman–Crippen MR) is 69.9 cm³/mol. The smallest absolute Gasteiger partial charge is 0.145 e. The Morgan fingerprint density at radius 1 is 1.13 bits per heavy atom. The summed E-state index contributed by atoms with van der Waals surface area (Å²) in [4.78, 5) is 8.17. The van der Waals surface area contributed by atoms with Gasteiger partial charge in [0.2, 0.25) is 0 Å². The third-order valence-corrected chi connectivity index (χ3v) is 3.03. The minimum atomic E-state index is -1.29. The average Bonchev–Trinajstić information content (AvgIpc) is 1.99. The molecule has 0 atom stereocenters. The van der Waals surface area contributed by atoms with Crippen molar-refractivity contribution >= 4 is 14.1 Å². The van der Waals surface area contributed by atoms with E-state index in [-0.39, 0.29) is 5.41 Å². The summed E-state index contributed by atoms with van der Waals surface area (Å²) in [6.45, 7) is 13.4. The second-order valence-electron chi connectivity index (χ2n) is 6.03. The van der Waals surface area contributed by atoms with Crippen molar-refractivity contribution in [3.8, 4) is 0 Å². The zero-order valence-electron chi connectivity index (χ0n) is 10.7. The molecule has 0 aliphatic carbocycles. The van der Waals surface area contributed by atoms with Gasteiger partial charge in [-0.05, 0) is 12.1 Å². The maximum atomic E-state index is 4.65. The lowest BCUT2D eigenvalue weighted by molar-refractivity contribution is 0.570. The number of rotatable bonds is 2. The molecule has 1 aromatic heterocycles. The molecule has 0 spiro atoms. The fourth-order valence-electron chi connectivity index (χ4n) is 1.31. The summed E-state index contributed by atoms with van der Waals surface area (Å²) in [5.74, 6) is 1.02. The highest BCUT2D eigenvalue weighted by Crippen LogP contribution is 2.21. The Hall–Kier alpha value is -0.833. The van der Waals surface area contributed by atoms with Crippen LogP contribution in [-0.2, 0) is 5.41 Å². The van der Waals surface area contributed by atoms with E-state index in [1.807, 2.05) is 6.07 Å². The van der Waals surface area contributed by atoms with Gasteiger partial charge in [-0.1, -0.05) is 46.5 Å². The number of nitrogens with one attached hydrogen (secondary N) is 1. The number of anilines is 1. The van der Waals surface area contributed by atoms with E-state index in [1.54, 1.807) is 0 Å². The first-order valence-electron chi connectivity index (χ1n) is 5.44. The van der Waals surface area contributed by atoms with Crippen LogP contribution in [0.4, 0.5) is 5.82 Å². The van der Waals surface area contributed by atoms with Gasteiger partial charge in [0.05, 0.1) is 0 Å². The number of hydrogen-bond donors (Lipinski definition) is 1. The molecule has 1 rings (SSSR count). The summed E-state index contributed by atoms with van der Waals surface area (Å²) >= 11 is 0. The summed E-state index contributed by atoms with van der Waals surface area (Å²) in [5.41, 5.74) is 1.27. The summed E-state index contributed by atoms with van der Waals surface area (Å²) < 4.78 is 0. The van der Waals surface area contributed by atoms with Gasteiger partial charge in [0.25, 0.3) is 0 Å². The number of pyridine rings is 1. The second kappa shape index (κ2) is 3.97. The average molecular weight is 222 g/mol. The van der Waals surface area contributed by atoms with Crippen molar-refractivity contribution in [1.29, 1.82) is 0 Å². The summed E-state index contributed by atoms with van der Waals surface area (Å²) in [6.07, 6.45) is 0. The van der Waals surface area contributed by atoms with E-state index in [0.29, 0.717) is 0 Å². The topological polar surface area (TPSA) is 24.9 Å². The molecule has 0 aliphatic rings. The van der Waals surface area contributed by atoms with Crippen LogP contribution in [0.25, 0.3) is 0 Å². The van der Waals surface area contributed by atoms with E-state index >= 15 is 0 Å². The molecule has 0 amide bonds. The number of hydrogen-bond acceptors (Lipinski definition) is 2. The first kappa shape index (κ1) is 12.2. The molecule has 0 bridgehead atoms. The van der Waals surface area contributed by atoms with Gasteiger partial charge in [0.1, 0.15) is 14.1 Å². The highest BCUT2D eigenvalue weighted by Gasteiger charge is 2.17. The Balaban J connectivity index is 2.94. The fourth-order valence-corrected chi connectivity index (χ4v) is 2.21. The molecule has 84 valence electrons. The zero-order valence-corrected chi connectivity index (χ0v) is 11.7. The fraction of sp³-hybridized carbons (Fsp3) is 0.583. The van der Waals surface area contributed by atoms with Crippen LogP contribution in [0.3, 0.4) is 0 Å². The van der Waals surface area contributed by atoms with Crippen LogP contribution in [-0.4, -0.2) is 13.2 Å². The summed E-state index contributed by atoms with van der Waals surface area (Å²) in [7, 11) is -1.29. The van der Waals surface area contributed by atoms with Crippen molar-refractivity contribution < 1.29 is 0 Å². The molecule has 2 nitrogen and oxygen atoms in total. The van der Waals surface area contributed by atoms with Crippen molar-refractivity contribution in [3.63, 3.8) is 0 Å².